The molecule has 2 atom stereocenters. The second kappa shape index (κ2) is 6.27. The first kappa shape index (κ1) is 16.5. The van der Waals surface area contributed by atoms with Crippen LogP contribution in [0.25, 0.3) is 0 Å². The molecule has 1 saturated carbocycles. The average molecular weight is 319 g/mol. The Kier molecular flexibility index (Phi) is 4.50. The van der Waals surface area contributed by atoms with E-state index in [1.807, 2.05) is 4.90 Å². The molecule has 23 heavy (non-hydrogen) atoms. The number of aromatic nitrogens is 2. The van der Waals surface area contributed by atoms with Gasteiger partial charge >= 0.3 is 0 Å². The summed E-state index contributed by atoms with van der Waals surface area (Å²) >= 11 is 0. The van der Waals surface area contributed by atoms with Crippen LogP contribution < -0.4 is 0 Å². The van der Waals surface area contributed by atoms with Gasteiger partial charge in [-0.25, -0.2) is 0 Å². The molecule has 1 amide bonds. The number of carbonyl (C=O) groups is 1. The fraction of sp³-hybridized carbons (Fsp3) is 0.778. The molecule has 1 N–H and O–H groups in total. The maximum atomic E-state index is 13.1. The highest BCUT2D eigenvalue weighted by atomic mass is 16.3. The molecule has 128 valence electrons. The molecule has 5 heteroatoms. The van der Waals surface area contributed by atoms with Crippen LogP contribution in [0.4, 0.5) is 0 Å². The van der Waals surface area contributed by atoms with Crippen molar-refractivity contribution in [3.8, 4) is 0 Å². The first-order chi connectivity index (χ1) is 11.0. The largest absolute Gasteiger partial charge is 0.396 e. The van der Waals surface area contributed by atoms with E-state index < -0.39 is 0 Å². The van der Waals surface area contributed by atoms with Crippen molar-refractivity contribution in [1.29, 1.82) is 0 Å². The van der Waals surface area contributed by atoms with E-state index in [9.17, 15) is 9.90 Å². The lowest BCUT2D eigenvalue weighted by Crippen LogP contribution is -2.46. The van der Waals surface area contributed by atoms with Gasteiger partial charge in [-0.05, 0) is 39.0 Å². The summed E-state index contributed by atoms with van der Waals surface area (Å²) in [7, 11) is 0. The van der Waals surface area contributed by atoms with E-state index >= 15 is 0 Å². The Morgan fingerprint density at radius 2 is 2.26 bits per heavy atom. The summed E-state index contributed by atoms with van der Waals surface area (Å²) in [5.74, 6) is 0.597. The van der Waals surface area contributed by atoms with Crippen LogP contribution in [0.2, 0.25) is 0 Å². The van der Waals surface area contributed by atoms with Crippen LogP contribution in [0.1, 0.15) is 80.9 Å². The summed E-state index contributed by atoms with van der Waals surface area (Å²) in [4.78, 5) is 15.0. The lowest BCUT2D eigenvalue weighted by Gasteiger charge is -2.39. The normalized spacial score (nSPS) is 26.3. The number of rotatable bonds is 5. The van der Waals surface area contributed by atoms with Crippen LogP contribution >= 0.6 is 0 Å². The van der Waals surface area contributed by atoms with Crippen LogP contribution in [0, 0.1) is 5.41 Å². The monoisotopic (exact) mass is 319 g/mol. The van der Waals surface area contributed by atoms with Crippen LogP contribution in [0.15, 0.2) is 6.20 Å². The van der Waals surface area contributed by atoms with Gasteiger partial charge in [0.15, 0.2) is 0 Å². The predicted molar refractivity (Wildman–Crippen MR) is 89.5 cm³/mol. The fourth-order valence-electron chi connectivity index (χ4n) is 3.61. The molecule has 2 aliphatic rings. The zero-order valence-corrected chi connectivity index (χ0v) is 14.6. The van der Waals surface area contributed by atoms with Crippen molar-refractivity contribution in [2.75, 3.05) is 19.7 Å². The van der Waals surface area contributed by atoms with E-state index in [1.165, 1.54) is 0 Å². The molecule has 2 heterocycles. The van der Waals surface area contributed by atoms with Crippen LogP contribution in [-0.2, 0) is 0 Å². The molecule has 2 fully saturated rings. The van der Waals surface area contributed by atoms with Gasteiger partial charge in [-0.1, -0.05) is 13.8 Å². The first-order valence-corrected chi connectivity index (χ1v) is 8.96. The maximum absolute atomic E-state index is 13.1. The molecular formula is C18H29N3O2. The smallest absolute Gasteiger partial charge is 0.257 e. The van der Waals surface area contributed by atoms with E-state index in [2.05, 4.69) is 30.6 Å². The average Bonchev–Trinajstić information content (AvgIpc) is 3.31. The Morgan fingerprint density at radius 3 is 2.87 bits per heavy atom. The third-order valence-corrected chi connectivity index (χ3v) is 5.49. The molecule has 0 bridgehead atoms. The summed E-state index contributed by atoms with van der Waals surface area (Å²) < 4.78 is 2.07. The number of piperidine rings is 1. The highest BCUT2D eigenvalue weighted by Gasteiger charge is 2.37. The topological polar surface area (TPSA) is 58.4 Å². The van der Waals surface area contributed by atoms with Gasteiger partial charge in [-0.2, -0.15) is 5.10 Å². The van der Waals surface area contributed by atoms with Gasteiger partial charge < -0.3 is 10.0 Å². The van der Waals surface area contributed by atoms with Gasteiger partial charge in [0, 0.05) is 30.5 Å². The van der Waals surface area contributed by atoms with Crippen molar-refractivity contribution in [3.63, 3.8) is 0 Å². The predicted octanol–water partition coefficient (Wildman–Crippen LogP) is 2.97. The van der Waals surface area contributed by atoms with E-state index in [4.69, 9.17) is 0 Å². The van der Waals surface area contributed by atoms with E-state index in [0.717, 1.165) is 49.9 Å². The summed E-state index contributed by atoms with van der Waals surface area (Å²) in [6.45, 7) is 7.95. The van der Waals surface area contributed by atoms with Crippen molar-refractivity contribution in [2.45, 2.75) is 64.8 Å². The lowest BCUT2D eigenvalue weighted by atomic mass is 9.82. The van der Waals surface area contributed by atoms with E-state index in [-0.39, 0.29) is 17.9 Å². The number of hydrogen-bond acceptors (Lipinski definition) is 3. The number of likely N-dealkylation sites (tertiary alicyclic amines) is 1. The molecule has 3 rings (SSSR count). The van der Waals surface area contributed by atoms with Crippen molar-refractivity contribution in [3.05, 3.63) is 17.5 Å². The number of hydrogen-bond donors (Lipinski definition) is 1. The molecule has 1 aliphatic carbocycles. The summed E-state index contributed by atoms with van der Waals surface area (Å²) in [5.41, 5.74) is 1.76. The minimum atomic E-state index is -0.166. The zero-order valence-electron chi connectivity index (χ0n) is 14.6. The second-order valence-electron chi connectivity index (χ2n) is 7.72. The standard InChI is InChI=1S/C18H29N3O2/c1-4-13(2)21-16(14-6-7-14)15(10-19-21)17(23)20-9-5-8-18(3,11-20)12-22/h10,13-14,22H,4-9,11-12H2,1-3H3. The highest BCUT2D eigenvalue weighted by Crippen LogP contribution is 2.43. The number of aliphatic hydroxyl groups is 1. The third kappa shape index (κ3) is 3.16. The quantitative estimate of drug-likeness (QED) is 0.908. The zero-order chi connectivity index (χ0) is 16.6. The van der Waals surface area contributed by atoms with E-state index in [1.54, 1.807) is 6.20 Å². The molecule has 2 unspecified atom stereocenters. The number of aliphatic hydroxyl groups excluding tert-OH is 1. The SMILES string of the molecule is CCC(C)n1ncc(C(=O)N2CCCC(C)(CO)C2)c1C1CC1. The third-order valence-electron chi connectivity index (χ3n) is 5.49. The fourth-order valence-corrected chi connectivity index (χ4v) is 3.61. The highest BCUT2D eigenvalue weighted by molar-refractivity contribution is 5.95. The molecule has 1 aromatic rings. The molecule has 1 saturated heterocycles. The molecule has 5 nitrogen and oxygen atoms in total. The maximum Gasteiger partial charge on any atom is 0.257 e. The van der Waals surface area contributed by atoms with Crippen molar-refractivity contribution in [1.82, 2.24) is 14.7 Å². The number of carbonyl (C=O) groups excluding carboxylic acids is 1. The first-order valence-electron chi connectivity index (χ1n) is 8.96. The summed E-state index contributed by atoms with van der Waals surface area (Å²) in [5, 5.41) is 14.2. The van der Waals surface area contributed by atoms with Crippen LogP contribution in [0.5, 0.6) is 0 Å². The van der Waals surface area contributed by atoms with Crippen LogP contribution in [-0.4, -0.2) is 45.4 Å². The van der Waals surface area contributed by atoms with Crippen molar-refractivity contribution >= 4 is 5.91 Å². The Hall–Kier alpha value is -1.36. The number of amides is 1. The van der Waals surface area contributed by atoms with Crippen molar-refractivity contribution in [2.24, 2.45) is 5.41 Å². The molecule has 1 aromatic heterocycles. The molecule has 1 aliphatic heterocycles. The molecule has 0 spiro atoms. The van der Waals surface area contributed by atoms with Gasteiger partial charge in [-0.15, -0.1) is 0 Å². The van der Waals surface area contributed by atoms with Gasteiger partial charge in [-0.3, -0.25) is 9.48 Å². The molecular weight excluding hydrogens is 290 g/mol. The molecule has 0 aromatic carbocycles. The lowest BCUT2D eigenvalue weighted by molar-refractivity contribution is 0.0357. The van der Waals surface area contributed by atoms with Crippen molar-refractivity contribution < 1.29 is 9.90 Å². The minimum Gasteiger partial charge on any atom is -0.396 e. The van der Waals surface area contributed by atoms with E-state index in [0.29, 0.717) is 18.5 Å². The molecule has 0 radical (unpaired) electrons. The summed E-state index contributed by atoms with van der Waals surface area (Å²) in [6.07, 6.45) is 7.05. The van der Waals surface area contributed by atoms with Gasteiger partial charge in [0.05, 0.1) is 24.1 Å². The Balaban J connectivity index is 1.86. The van der Waals surface area contributed by atoms with Crippen LogP contribution in [0.3, 0.4) is 0 Å². The minimum absolute atomic E-state index is 0.0980. The second-order valence-corrected chi connectivity index (χ2v) is 7.72. The Morgan fingerprint density at radius 1 is 1.52 bits per heavy atom. The van der Waals surface area contributed by atoms with Gasteiger partial charge in [0.25, 0.3) is 5.91 Å². The van der Waals surface area contributed by atoms with Gasteiger partial charge in [0.1, 0.15) is 0 Å². The van der Waals surface area contributed by atoms with Gasteiger partial charge in [0.2, 0.25) is 0 Å². The Bertz CT molecular complexity index is 579. The Labute approximate surface area is 138 Å². The summed E-state index contributed by atoms with van der Waals surface area (Å²) in [6, 6.07) is 0.330. The number of nitrogens with zero attached hydrogens (tertiary/aromatic N) is 3.